The average Bonchev–Trinajstić information content (AvgIpc) is 2.68. The molecule has 0 saturated carbocycles. The van der Waals surface area contributed by atoms with Crippen LogP contribution in [0.5, 0.6) is 5.75 Å². The molecule has 0 aliphatic rings. The Morgan fingerprint density at radius 1 is 0.929 bits per heavy atom. The van der Waals surface area contributed by atoms with Gasteiger partial charge in [0.25, 0.3) is 0 Å². The van der Waals surface area contributed by atoms with Gasteiger partial charge in [0.2, 0.25) is 0 Å². The van der Waals surface area contributed by atoms with Crippen molar-refractivity contribution in [3.05, 3.63) is 59.7 Å². The van der Waals surface area contributed by atoms with E-state index >= 15 is 0 Å². The van der Waals surface area contributed by atoms with Gasteiger partial charge in [-0.15, -0.1) is 11.5 Å². The number of benzene rings is 2. The fourth-order valence-electron chi connectivity index (χ4n) is 3.67. The van der Waals surface area contributed by atoms with Gasteiger partial charge in [-0.2, -0.15) is 0 Å². The fraction of sp³-hybridized carbons (Fsp3) is 0.360. The molecule has 146 valence electrons. The predicted molar refractivity (Wildman–Crippen MR) is 120 cm³/mol. The molecule has 3 heteroatoms. The van der Waals surface area contributed by atoms with Crippen LogP contribution in [0.15, 0.2) is 48.5 Å². The summed E-state index contributed by atoms with van der Waals surface area (Å²) in [5.41, 5.74) is 6.75. The van der Waals surface area contributed by atoms with E-state index in [1.54, 1.807) is 7.11 Å². The van der Waals surface area contributed by atoms with Crippen LogP contribution in [-0.4, -0.2) is 22.0 Å². The summed E-state index contributed by atoms with van der Waals surface area (Å²) in [5.74, 6) is 10.7. The molecular weight excluding hydrogens is 360 g/mol. The van der Waals surface area contributed by atoms with Gasteiger partial charge in [-0.1, -0.05) is 57.7 Å². The Hall–Kier alpha value is -2.46. The fourth-order valence-corrected chi connectivity index (χ4v) is 8.28. The van der Waals surface area contributed by atoms with Crippen LogP contribution in [-0.2, 0) is 4.74 Å². The van der Waals surface area contributed by atoms with Crippen LogP contribution in [0.25, 0.3) is 0 Å². The number of hydrogen-bond donors (Lipinski definition) is 0. The Kier molecular flexibility index (Phi) is 7.94. The van der Waals surface area contributed by atoms with Gasteiger partial charge in [0.15, 0.2) is 14.9 Å². The van der Waals surface area contributed by atoms with Crippen molar-refractivity contribution in [3.63, 3.8) is 0 Å². The molecule has 2 aromatic rings. The normalized spacial score (nSPS) is 10.9. The molecule has 2 rings (SSSR count). The number of rotatable bonds is 6. The van der Waals surface area contributed by atoms with Crippen LogP contribution in [0.4, 0.5) is 0 Å². The van der Waals surface area contributed by atoms with Crippen molar-refractivity contribution in [3.8, 4) is 29.1 Å². The highest BCUT2D eigenvalue weighted by atomic mass is 28.3. The van der Waals surface area contributed by atoms with Crippen molar-refractivity contribution in [2.45, 2.75) is 45.7 Å². The third-order valence-electron chi connectivity index (χ3n) is 5.05. The standard InChI is InChI=1S/C25H30O2Si/c1-7-11-23-14-15-24(27-19-26-6)18-25(23)28(20(2)3,21(4)5)17-16-22-12-9-8-10-13-22/h8-10,12-15,18,20-21H,19H2,1-6H3. The second kappa shape index (κ2) is 10.2. The van der Waals surface area contributed by atoms with Crippen molar-refractivity contribution >= 4 is 13.3 Å². The summed E-state index contributed by atoms with van der Waals surface area (Å²) in [6.07, 6.45) is 0. The van der Waals surface area contributed by atoms with Gasteiger partial charge in [0, 0.05) is 18.2 Å². The molecule has 0 fully saturated rings. The van der Waals surface area contributed by atoms with E-state index < -0.39 is 8.07 Å². The zero-order valence-electron chi connectivity index (χ0n) is 17.8. The van der Waals surface area contributed by atoms with Crippen LogP contribution in [0.2, 0.25) is 11.1 Å². The predicted octanol–water partition coefficient (Wildman–Crippen LogP) is 5.11. The van der Waals surface area contributed by atoms with Gasteiger partial charge < -0.3 is 9.47 Å². The highest BCUT2D eigenvalue weighted by molar-refractivity contribution is 7.00. The maximum absolute atomic E-state index is 5.75. The lowest BCUT2D eigenvalue weighted by molar-refractivity contribution is 0.0512. The monoisotopic (exact) mass is 390 g/mol. The van der Waals surface area contributed by atoms with Gasteiger partial charge in [-0.3, -0.25) is 0 Å². The summed E-state index contributed by atoms with van der Waals surface area (Å²) in [7, 11) is -0.617. The summed E-state index contributed by atoms with van der Waals surface area (Å²) in [5, 5.41) is 1.25. The van der Waals surface area contributed by atoms with Gasteiger partial charge in [0.05, 0.1) is 0 Å². The summed E-state index contributed by atoms with van der Waals surface area (Å²) in [6, 6.07) is 16.4. The van der Waals surface area contributed by atoms with Crippen molar-refractivity contribution < 1.29 is 9.47 Å². The molecule has 28 heavy (non-hydrogen) atoms. The molecule has 0 atom stereocenters. The molecule has 0 aromatic heterocycles. The highest BCUT2D eigenvalue weighted by Crippen LogP contribution is 2.33. The highest BCUT2D eigenvalue weighted by Gasteiger charge is 2.42. The van der Waals surface area contributed by atoms with E-state index in [2.05, 4.69) is 75.3 Å². The Labute approximate surface area is 171 Å². The van der Waals surface area contributed by atoms with Crippen molar-refractivity contribution in [1.82, 2.24) is 0 Å². The van der Waals surface area contributed by atoms with Crippen molar-refractivity contribution in [2.75, 3.05) is 13.9 Å². The van der Waals surface area contributed by atoms with Crippen molar-refractivity contribution in [2.24, 2.45) is 0 Å². The summed E-state index contributed by atoms with van der Waals surface area (Å²) < 4.78 is 10.8. The molecule has 0 radical (unpaired) electrons. The largest absolute Gasteiger partial charge is 0.468 e. The maximum Gasteiger partial charge on any atom is 0.188 e. The van der Waals surface area contributed by atoms with E-state index in [0.29, 0.717) is 11.1 Å². The van der Waals surface area contributed by atoms with E-state index in [0.717, 1.165) is 16.9 Å². The third kappa shape index (κ3) is 4.87. The molecule has 0 N–H and O–H groups in total. The summed E-state index contributed by atoms with van der Waals surface area (Å²) in [6.45, 7) is 11.3. The SMILES string of the molecule is CC#Cc1ccc(OCOC)cc1[Si](C#Cc1ccccc1)(C(C)C)C(C)C. The lowest BCUT2D eigenvalue weighted by atomic mass is 10.2. The Morgan fingerprint density at radius 3 is 2.18 bits per heavy atom. The molecular formula is C25H30O2Si. The average molecular weight is 391 g/mol. The number of hydrogen-bond acceptors (Lipinski definition) is 2. The lowest BCUT2D eigenvalue weighted by Gasteiger charge is -2.35. The van der Waals surface area contributed by atoms with Gasteiger partial charge in [-0.25, -0.2) is 0 Å². The first kappa shape index (κ1) is 21.8. The molecule has 0 heterocycles. The van der Waals surface area contributed by atoms with Crippen LogP contribution in [0.1, 0.15) is 45.7 Å². The molecule has 0 bridgehead atoms. The van der Waals surface area contributed by atoms with E-state index in [-0.39, 0.29) is 6.79 Å². The first-order valence-electron chi connectivity index (χ1n) is 9.73. The molecule has 0 spiro atoms. The van der Waals surface area contributed by atoms with E-state index in [1.165, 1.54) is 5.19 Å². The molecule has 0 aliphatic carbocycles. The second-order valence-electron chi connectivity index (χ2n) is 7.43. The first-order valence-corrected chi connectivity index (χ1v) is 11.9. The number of ether oxygens (including phenoxy) is 2. The van der Waals surface area contributed by atoms with Crippen molar-refractivity contribution in [1.29, 1.82) is 0 Å². The third-order valence-corrected chi connectivity index (χ3v) is 10.5. The quantitative estimate of drug-likeness (QED) is 0.388. The first-order chi connectivity index (χ1) is 13.5. The second-order valence-corrected chi connectivity index (χ2v) is 12.3. The Morgan fingerprint density at radius 2 is 1.61 bits per heavy atom. The van der Waals surface area contributed by atoms with Crippen LogP contribution in [0.3, 0.4) is 0 Å². The smallest absolute Gasteiger partial charge is 0.188 e. The maximum atomic E-state index is 5.75. The molecule has 2 nitrogen and oxygen atoms in total. The topological polar surface area (TPSA) is 18.5 Å². The molecule has 0 aliphatic heterocycles. The van der Waals surface area contributed by atoms with Gasteiger partial charge in [0.1, 0.15) is 5.75 Å². The van der Waals surface area contributed by atoms with Crippen LogP contribution < -0.4 is 9.92 Å². The summed E-state index contributed by atoms with van der Waals surface area (Å²) in [4.78, 5) is 0. The van der Waals surface area contributed by atoms with Gasteiger partial charge >= 0.3 is 0 Å². The van der Waals surface area contributed by atoms with E-state index in [1.807, 2.05) is 31.2 Å². The van der Waals surface area contributed by atoms with E-state index in [4.69, 9.17) is 9.47 Å². The lowest BCUT2D eigenvalue weighted by Crippen LogP contribution is -2.53. The van der Waals surface area contributed by atoms with E-state index in [9.17, 15) is 0 Å². The zero-order chi connectivity index (χ0) is 20.6. The summed E-state index contributed by atoms with van der Waals surface area (Å²) >= 11 is 0. The molecule has 0 amide bonds. The number of methoxy groups -OCH3 is 1. The minimum Gasteiger partial charge on any atom is -0.468 e. The van der Waals surface area contributed by atoms with Gasteiger partial charge in [-0.05, 0) is 53.5 Å². The Bertz CT molecular complexity index is 885. The minimum absolute atomic E-state index is 0.228. The Balaban J connectivity index is 2.72. The zero-order valence-corrected chi connectivity index (χ0v) is 18.8. The van der Waals surface area contributed by atoms with Crippen LogP contribution >= 0.6 is 0 Å². The van der Waals surface area contributed by atoms with Crippen LogP contribution in [0, 0.1) is 23.3 Å². The molecule has 0 unspecified atom stereocenters. The minimum atomic E-state index is -2.25. The molecule has 0 saturated heterocycles. The molecule has 2 aromatic carbocycles.